The van der Waals surface area contributed by atoms with Gasteiger partial charge >= 0.3 is 0 Å². The SMILES string of the molecule is COCCOCCS(=O)(=O)Nc1ccc2[nH]c(=O)cc(C)c2c1. The number of hydrogen-bond donors (Lipinski definition) is 2. The molecule has 0 atom stereocenters. The Hall–Kier alpha value is -1.90. The van der Waals surface area contributed by atoms with Crippen molar-refractivity contribution in [3.63, 3.8) is 0 Å². The van der Waals surface area contributed by atoms with Crippen molar-refractivity contribution < 1.29 is 17.9 Å². The Morgan fingerprint density at radius 3 is 2.70 bits per heavy atom. The van der Waals surface area contributed by atoms with E-state index in [1.165, 1.54) is 6.07 Å². The first-order valence-corrected chi connectivity index (χ1v) is 8.77. The molecule has 0 aliphatic carbocycles. The van der Waals surface area contributed by atoms with Crippen molar-refractivity contribution in [1.82, 2.24) is 4.98 Å². The zero-order chi connectivity index (χ0) is 16.9. The molecule has 0 radical (unpaired) electrons. The maximum absolute atomic E-state index is 12.0. The minimum Gasteiger partial charge on any atom is -0.382 e. The normalized spacial score (nSPS) is 11.7. The van der Waals surface area contributed by atoms with Crippen LogP contribution in [0.5, 0.6) is 0 Å². The Bertz CT molecular complexity index is 829. The molecule has 2 N–H and O–H groups in total. The summed E-state index contributed by atoms with van der Waals surface area (Å²) in [4.78, 5) is 14.1. The monoisotopic (exact) mass is 340 g/mol. The molecule has 0 amide bonds. The van der Waals surface area contributed by atoms with Crippen LogP contribution in [0.15, 0.2) is 29.1 Å². The minimum atomic E-state index is -3.50. The van der Waals surface area contributed by atoms with Gasteiger partial charge in [0.2, 0.25) is 15.6 Å². The number of sulfonamides is 1. The van der Waals surface area contributed by atoms with Crippen molar-refractivity contribution in [1.29, 1.82) is 0 Å². The Labute approximate surface area is 134 Å². The first kappa shape index (κ1) is 17.5. The number of aromatic nitrogens is 1. The summed E-state index contributed by atoms with van der Waals surface area (Å²) in [6, 6.07) is 6.46. The van der Waals surface area contributed by atoms with Crippen molar-refractivity contribution in [3.05, 3.63) is 40.2 Å². The topological polar surface area (TPSA) is 97.5 Å². The fourth-order valence-corrected chi connectivity index (χ4v) is 3.06. The number of fused-ring (bicyclic) bond motifs is 1. The van der Waals surface area contributed by atoms with Gasteiger partial charge in [0.05, 0.1) is 25.6 Å². The van der Waals surface area contributed by atoms with E-state index in [-0.39, 0.29) is 17.9 Å². The number of methoxy groups -OCH3 is 1. The number of H-pyrrole nitrogens is 1. The number of rotatable bonds is 8. The average molecular weight is 340 g/mol. The smallest absolute Gasteiger partial charge is 0.248 e. The summed E-state index contributed by atoms with van der Waals surface area (Å²) in [5.41, 5.74) is 1.72. The first-order valence-electron chi connectivity index (χ1n) is 7.12. The van der Waals surface area contributed by atoms with Gasteiger partial charge in [0.1, 0.15) is 0 Å². The maximum Gasteiger partial charge on any atom is 0.248 e. The number of hydrogen-bond acceptors (Lipinski definition) is 5. The van der Waals surface area contributed by atoms with Gasteiger partial charge < -0.3 is 14.5 Å². The molecule has 0 aliphatic rings. The highest BCUT2D eigenvalue weighted by molar-refractivity contribution is 7.92. The van der Waals surface area contributed by atoms with E-state index in [1.807, 2.05) is 0 Å². The molecule has 7 nitrogen and oxygen atoms in total. The van der Waals surface area contributed by atoms with Gasteiger partial charge in [0, 0.05) is 29.8 Å². The molecule has 0 saturated heterocycles. The number of nitrogens with one attached hydrogen (secondary N) is 2. The molecule has 1 heterocycles. The Morgan fingerprint density at radius 2 is 1.96 bits per heavy atom. The molecular formula is C15H20N2O5S. The highest BCUT2D eigenvalue weighted by Gasteiger charge is 2.11. The highest BCUT2D eigenvalue weighted by atomic mass is 32.2. The van der Waals surface area contributed by atoms with Crippen molar-refractivity contribution in [2.24, 2.45) is 0 Å². The molecule has 2 aromatic rings. The Morgan fingerprint density at radius 1 is 1.17 bits per heavy atom. The third-order valence-electron chi connectivity index (χ3n) is 3.25. The predicted molar refractivity (Wildman–Crippen MR) is 89.4 cm³/mol. The molecule has 1 aromatic heterocycles. The third kappa shape index (κ3) is 5.05. The van der Waals surface area contributed by atoms with Crippen molar-refractivity contribution >= 4 is 26.6 Å². The second-order valence-electron chi connectivity index (χ2n) is 5.10. The van der Waals surface area contributed by atoms with Gasteiger partial charge in [-0.15, -0.1) is 0 Å². The molecule has 0 spiro atoms. The van der Waals surface area contributed by atoms with Crippen LogP contribution in [0.4, 0.5) is 5.69 Å². The number of pyridine rings is 1. The van der Waals surface area contributed by atoms with Gasteiger partial charge in [-0.05, 0) is 30.7 Å². The highest BCUT2D eigenvalue weighted by Crippen LogP contribution is 2.20. The van der Waals surface area contributed by atoms with Crippen molar-refractivity contribution in [2.45, 2.75) is 6.92 Å². The van der Waals surface area contributed by atoms with Gasteiger partial charge in [0.15, 0.2) is 0 Å². The maximum atomic E-state index is 12.0. The van der Waals surface area contributed by atoms with E-state index in [2.05, 4.69) is 9.71 Å². The number of aryl methyl sites for hydroxylation is 1. The molecule has 0 bridgehead atoms. The fourth-order valence-electron chi connectivity index (χ4n) is 2.13. The number of aromatic amines is 1. The van der Waals surface area contributed by atoms with Crippen LogP contribution in [0.1, 0.15) is 5.56 Å². The minimum absolute atomic E-state index is 0.0959. The van der Waals surface area contributed by atoms with Crippen LogP contribution in [-0.2, 0) is 19.5 Å². The van der Waals surface area contributed by atoms with Crippen LogP contribution in [0.25, 0.3) is 10.9 Å². The van der Waals surface area contributed by atoms with E-state index in [0.717, 1.165) is 10.9 Å². The standard InChI is InChI=1S/C15H20N2O5S/c1-11-9-15(18)16-14-4-3-12(10-13(11)14)17-23(19,20)8-7-22-6-5-21-2/h3-4,9-10,17H,5-8H2,1-2H3,(H,16,18). The van der Waals surface area contributed by atoms with Gasteiger partial charge in [-0.25, -0.2) is 8.42 Å². The molecule has 126 valence electrons. The van der Waals surface area contributed by atoms with Gasteiger partial charge in [0.25, 0.3) is 0 Å². The van der Waals surface area contributed by atoms with Crippen LogP contribution < -0.4 is 10.3 Å². The second-order valence-corrected chi connectivity index (χ2v) is 6.94. The fraction of sp³-hybridized carbons (Fsp3) is 0.400. The van der Waals surface area contributed by atoms with Crippen LogP contribution in [0.3, 0.4) is 0 Å². The molecule has 0 aliphatic heterocycles. The van der Waals surface area contributed by atoms with Gasteiger partial charge in [-0.3, -0.25) is 9.52 Å². The Kier molecular flexibility index (Phi) is 5.75. The summed E-state index contributed by atoms with van der Waals surface area (Å²) in [5, 5.41) is 0.793. The van der Waals surface area contributed by atoms with E-state index in [9.17, 15) is 13.2 Å². The van der Waals surface area contributed by atoms with E-state index in [4.69, 9.17) is 9.47 Å². The number of ether oxygens (including phenoxy) is 2. The first-order chi connectivity index (χ1) is 10.9. The van der Waals surface area contributed by atoms with E-state index in [1.54, 1.807) is 32.2 Å². The largest absolute Gasteiger partial charge is 0.382 e. The summed E-state index contributed by atoms with van der Waals surface area (Å²) in [6.07, 6.45) is 0. The zero-order valence-electron chi connectivity index (χ0n) is 13.1. The number of anilines is 1. The molecule has 8 heteroatoms. The van der Waals surface area contributed by atoms with E-state index in [0.29, 0.717) is 24.4 Å². The third-order valence-corrected chi connectivity index (χ3v) is 4.50. The lowest BCUT2D eigenvalue weighted by atomic mass is 10.1. The summed E-state index contributed by atoms with van der Waals surface area (Å²) < 4.78 is 36.5. The van der Waals surface area contributed by atoms with Crippen LogP contribution in [0.2, 0.25) is 0 Å². The zero-order valence-corrected chi connectivity index (χ0v) is 13.9. The molecule has 0 saturated carbocycles. The molecule has 23 heavy (non-hydrogen) atoms. The van der Waals surface area contributed by atoms with E-state index < -0.39 is 10.0 Å². The quantitative estimate of drug-likeness (QED) is 0.705. The average Bonchev–Trinajstić information content (AvgIpc) is 2.47. The van der Waals surface area contributed by atoms with E-state index >= 15 is 0 Å². The van der Waals surface area contributed by atoms with Crippen molar-refractivity contribution in [2.75, 3.05) is 37.4 Å². The van der Waals surface area contributed by atoms with Crippen LogP contribution >= 0.6 is 0 Å². The lowest BCUT2D eigenvalue weighted by molar-refractivity contribution is 0.0785. The molecular weight excluding hydrogens is 320 g/mol. The van der Waals surface area contributed by atoms with Gasteiger partial charge in [-0.2, -0.15) is 0 Å². The van der Waals surface area contributed by atoms with Crippen LogP contribution in [0, 0.1) is 6.92 Å². The summed E-state index contributed by atoms with van der Waals surface area (Å²) in [6.45, 7) is 2.68. The molecule has 0 fully saturated rings. The van der Waals surface area contributed by atoms with Gasteiger partial charge in [-0.1, -0.05) is 0 Å². The molecule has 1 aromatic carbocycles. The number of benzene rings is 1. The lowest BCUT2D eigenvalue weighted by Crippen LogP contribution is -2.21. The summed E-state index contributed by atoms with van der Waals surface area (Å²) in [7, 11) is -1.95. The predicted octanol–water partition coefficient (Wildman–Crippen LogP) is 1.24. The second kappa shape index (κ2) is 7.58. The summed E-state index contributed by atoms with van der Waals surface area (Å²) >= 11 is 0. The molecule has 0 unspecified atom stereocenters. The summed E-state index contributed by atoms with van der Waals surface area (Å²) in [5.74, 6) is -0.140. The van der Waals surface area contributed by atoms with Crippen LogP contribution in [-0.4, -0.2) is 46.1 Å². The lowest BCUT2D eigenvalue weighted by Gasteiger charge is -2.10. The molecule has 2 rings (SSSR count). The van der Waals surface area contributed by atoms with Crippen molar-refractivity contribution in [3.8, 4) is 0 Å². The Balaban J connectivity index is 2.07.